The summed E-state index contributed by atoms with van der Waals surface area (Å²) >= 11 is 0. The highest BCUT2D eigenvalue weighted by atomic mass is 31.2. The second-order valence-corrected chi connectivity index (χ2v) is 15.2. The number of phosphoric ester groups is 1. The lowest BCUT2D eigenvalue weighted by atomic mass is 10.0. The van der Waals surface area contributed by atoms with Gasteiger partial charge in [0.05, 0.1) is 6.61 Å². The lowest BCUT2D eigenvalue weighted by Crippen LogP contribution is -2.29. The maximum atomic E-state index is 12.4. The highest BCUT2D eigenvalue weighted by Gasteiger charge is 2.22. The lowest BCUT2D eigenvalue weighted by Gasteiger charge is -2.18. The Hall–Kier alpha value is -1.47. The van der Waals surface area contributed by atoms with Crippen LogP contribution < -0.4 is 0 Å². The van der Waals surface area contributed by atoms with E-state index in [0.717, 1.165) is 44.9 Å². The number of carbonyl (C=O) groups excluding carboxylic acids is 2. The molecule has 0 aliphatic heterocycles. The number of hydrogen-bond acceptors (Lipinski definition) is 6. The Morgan fingerprint density at radius 1 is 0.520 bits per heavy atom. The van der Waals surface area contributed by atoms with Gasteiger partial charge in [-0.05, 0) is 44.9 Å². The minimum Gasteiger partial charge on any atom is -0.462 e. The minimum absolute atomic E-state index is 0.212. The first kappa shape index (κ1) is 48.5. The first-order chi connectivity index (χ1) is 24.3. The molecule has 0 spiro atoms. The van der Waals surface area contributed by atoms with E-state index in [1.807, 2.05) is 0 Å². The van der Waals surface area contributed by atoms with E-state index in [9.17, 15) is 14.2 Å². The molecule has 0 aromatic carbocycles. The van der Waals surface area contributed by atoms with E-state index < -0.39 is 32.5 Å². The first-order valence-corrected chi connectivity index (χ1v) is 22.2. The molecule has 0 aliphatic carbocycles. The molecule has 0 bridgehead atoms. The zero-order valence-corrected chi connectivity index (χ0v) is 33.2. The second-order valence-electron chi connectivity index (χ2n) is 14.0. The Bertz CT molecular complexity index is 869. The third-order valence-electron chi connectivity index (χ3n) is 8.97. The molecule has 0 amide bonds. The summed E-state index contributed by atoms with van der Waals surface area (Å²) in [6, 6.07) is 0. The van der Waals surface area contributed by atoms with Gasteiger partial charge in [0.2, 0.25) is 0 Å². The van der Waals surface area contributed by atoms with Crippen LogP contribution in [0.1, 0.15) is 206 Å². The molecular formula is C41H77O8P. The maximum Gasteiger partial charge on any atom is 0.469 e. The van der Waals surface area contributed by atoms with Gasteiger partial charge < -0.3 is 19.3 Å². The van der Waals surface area contributed by atoms with E-state index in [2.05, 4.69) is 42.7 Å². The molecule has 1 unspecified atom stereocenters. The normalized spacial score (nSPS) is 12.6. The van der Waals surface area contributed by atoms with Crippen molar-refractivity contribution in [2.45, 2.75) is 213 Å². The molecule has 0 aromatic heterocycles. The van der Waals surface area contributed by atoms with Crippen molar-refractivity contribution >= 4 is 19.8 Å². The molecule has 2 N–H and O–H groups in total. The number of esters is 2. The smallest absolute Gasteiger partial charge is 0.462 e. The summed E-state index contributed by atoms with van der Waals surface area (Å²) in [5.41, 5.74) is 0. The van der Waals surface area contributed by atoms with Crippen molar-refractivity contribution in [1.82, 2.24) is 0 Å². The van der Waals surface area contributed by atoms with Gasteiger partial charge in [0.25, 0.3) is 0 Å². The molecule has 0 aromatic rings. The Kier molecular flexibility index (Phi) is 36.2. The van der Waals surface area contributed by atoms with Crippen LogP contribution >= 0.6 is 7.82 Å². The quantitative estimate of drug-likeness (QED) is 0.0279. The van der Waals surface area contributed by atoms with E-state index in [0.29, 0.717) is 6.42 Å². The SMILES string of the molecule is CCCCCCC/C=C\C/C=C\CCCCCCCCCCCCCC(=O)OC(COC(=O)CCCCCCCCCCC)COP(=O)(O)O. The summed E-state index contributed by atoms with van der Waals surface area (Å²) in [6.45, 7) is 3.65. The van der Waals surface area contributed by atoms with Gasteiger partial charge in [-0.1, -0.05) is 173 Å². The molecule has 0 rings (SSSR count). The third kappa shape index (κ3) is 39.3. The molecule has 1 atom stereocenters. The topological polar surface area (TPSA) is 119 Å². The van der Waals surface area contributed by atoms with Crippen LogP contribution in [-0.4, -0.2) is 41.0 Å². The molecule has 294 valence electrons. The Balaban J connectivity index is 3.82. The van der Waals surface area contributed by atoms with E-state index in [1.165, 1.54) is 128 Å². The molecule has 0 saturated heterocycles. The van der Waals surface area contributed by atoms with Crippen molar-refractivity contribution in [1.29, 1.82) is 0 Å². The second kappa shape index (κ2) is 37.3. The summed E-state index contributed by atoms with van der Waals surface area (Å²) in [5.74, 6) is -0.884. The highest BCUT2D eigenvalue weighted by molar-refractivity contribution is 7.46. The summed E-state index contributed by atoms with van der Waals surface area (Å²) in [5, 5.41) is 0. The van der Waals surface area contributed by atoms with Gasteiger partial charge in [0, 0.05) is 12.8 Å². The standard InChI is InChI=1S/C41H77O8P/c1-3-5-7-9-11-13-14-15-16-17-18-19-20-21-22-23-24-25-26-28-30-32-34-36-41(43)49-39(38-48-50(44,45)46)37-47-40(42)35-33-31-29-27-12-10-8-6-4-2/h14-15,17-18,39H,3-13,16,19-38H2,1-2H3,(H2,44,45,46)/b15-14-,18-17-. The van der Waals surface area contributed by atoms with Crippen molar-refractivity contribution in [3.8, 4) is 0 Å². The van der Waals surface area contributed by atoms with Crippen LogP contribution in [0.25, 0.3) is 0 Å². The molecule has 9 heteroatoms. The van der Waals surface area contributed by atoms with E-state index in [4.69, 9.17) is 19.3 Å². The predicted octanol–water partition coefficient (Wildman–Crippen LogP) is 12.4. The molecule has 0 aliphatic rings. The third-order valence-corrected chi connectivity index (χ3v) is 9.46. The maximum absolute atomic E-state index is 12.4. The van der Waals surface area contributed by atoms with Gasteiger partial charge >= 0.3 is 19.8 Å². The fraction of sp³-hybridized carbons (Fsp3) is 0.854. The number of hydrogen-bond donors (Lipinski definition) is 2. The predicted molar refractivity (Wildman–Crippen MR) is 207 cm³/mol. The zero-order valence-electron chi connectivity index (χ0n) is 32.3. The average molecular weight is 729 g/mol. The summed E-state index contributed by atoms with van der Waals surface area (Å²) in [6.07, 6.45) is 42.0. The summed E-state index contributed by atoms with van der Waals surface area (Å²) in [7, 11) is -4.74. The minimum atomic E-state index is -4.74. The largest absolute Gasteiger partial charge is 0.469 e. The lowest BCUT2D eigenvalue weighted by molar-refractivity contribution is -0.161. The van der Waals surface area contributed by atoms with Gasteiger partial charge in [0.1, 0.15) is 6.61 Å². The van der Waals surface area contributed by atoms with Gasteiger partial charge in [-0.3, -0.25) is 14.1 Å². The molecular weight excluding hydrogens is 651 g/mol. The van der Waals surface area contributed by atoms with Crippen LogP contribution in [0.2, 0.25) is 0 Å². The summed E-state index contributed by atoms with van der Waals surface area (Å²) in [4.78, 5) is 42.7. The Morgan fingerprint density at radius 3 is 1.32 bits per heavy atom. The number of rotatable bonds is 38. The number of allylic oxidation sites excluding steroid dienone is 4. The van der Waals surface area contributed by atoms with Crippen LogP contribution in [0, 0.1) is 0 Å². The zero-order chi connectivity index (χ0) is 36.8. The van der Waals surface area contributed by atoms with E-state index in [-0.39, 0.29) is 19.4 Å². The fourth-order valence-corrected chi connectivity index (χ4v) is 6.23. The molecule has 0 fully saturated rings. The molecule has 50 heavy (non-hydrogen) atoms. The Labute approximate surface area is 307 Å². The van der Waals surface area contributed by atoms with E-state index >= 15 is 0 Å². The van der Waals surface area contributed by atoms with Crippen LogP contribution in [-0.2, 0) is 28.2 Å². The molecule has 0 radical (unpaired) electrons. The average Bonchev–Trinajstić information content (AvgIpc) is 3.08. The summed E-state index contributed by atoms with van der Waals surface area (Å²) < 4.78 is 26.3. The van der Waals surface area contributed by atoms with Crippen LogP contribution in [0.3, 0.4) is 0 Å². The number of unbranched alkanes of at least 4 members (excludes halogenated alkanes) is 24. The van der Waals surface area contributed by atoms with Gasteiger partial charge in [-0.25, -0.2) is 4.57 Å². The van der Waals surface area contributed by atoms with Crippen LogP contribution in [0.15, 0.2) is 24.3 Å². The fourth-order valence-electron chi connectivity index (χ4n) is 5.87. The van der Waals surface area contributed by atoms with Gasteiger partial charge in [-0.15, -0.1) is 0 Å². The molecule has 0 heterocycles. The number of ether oxygens (including phenoxy) is 2. The van der Waals surface area contributed by atoms with Gasteiger partial charge in [0.15, 0.2) is 6.10 Å². The van der Waals surface area contributed by atoms with Crippen molar-refractivity contribution in [2.75, 3.05) is 13.2 Å². The van der Waals surface area contributed by atoms with Crippen molar-refractivity contribution < 1.29 is 37.9 Å². The molecule has 0 saturated carbocycles. The van der Waals surface area contributed by atoms with Crippen molar-refractivity contribution in [3.05, 3.63) is 24.3 Å². The number of phosphoric acid groups is 1. The van der Waals surface area contributed by atoms with E-state index in [1.54, 1.807) is 0 Å². The van der Waals surface area contributed by atoms with Crippen LogP contribution in [0.4, 0.5) is 0 Å². The van der Waals surface area contributed by atoms with Crippen molar-refractivity contribution in [2.24, 2.45) is 0 Å². The first-order valence-electron chi connectivity index (χ1n) is 20.6. The van der Waals surface area contributed by atoms with Gasteiger partial charge in [-0.2, -0.15) is 0 Å². The van der Waals surface area contributed by atoms with Crippen molar-refractivity contribution in [3.63, 3.8) is 0 Å². The Morgan fingerprint density at radius 2 is 0.900 bits per heavy atom. The van der Waals surface area contributed by atoms with Crippen LogP contribution in [0.5, 0.6) is 0 Å². The number of carbonyl (C=O) groups is 2. The highest BCUT2D eigenvalue weighted by Crippen LogP contribution is 2.36. The molecule has 8 nitrogen and oxygen atoms in total. The monoisotopic (exact) mass is 729 g/mol.